The van der Waals surface area contributed by atoms with E-state index in [1.165, 1.54) is 0 Å². The van der Waals surface area contributed by atoms with Gasteiger partial charge in [0.15, 0.2) is 0 Å². The minimum absolute atomic E-state index is 0.104. The molecule has 7 heteroatoms. The van der Waals surface area contributed by atoms with Crippen LogP contribution < -0.4 is 0 Å². The number of nitrogens with zero attached hydrogens (tertiary/aromatic N) is 1. The van der Waals surface area contributed by atoms with Gasteiger partial charge in [0, 0.05) is 29.2 Å². The molecule has 1 fully saturated rings. The van der Waals surface area contributed by atoms with E-state index < -0.39 is 23.6 Å². The van der Waals surface area contributed by atoms with E-state index >= 15 is 0 Å². The van der Waals surface area contributed by atoms with Crippen molar-refractivity contribution in [3.05, 3.63) is 0 Å². The molecule has 3 unspecified atom stereocenters. The highest BCUT2D eigenvalue weighted by molar-refractivity contribution is 8.00. The van der Waals surface area contributed by atoms with Gasteiger partial charge in [-0.2, -0.15) is 11.8 Å². The van der Waals surface area contributed by atoms with Crippen LogP contribution in [0.25, 0.3) is 0 Å². The monoisotopic (exact) mass is 311 g/mol. The predicted octanol–water partition coefficient (Wildman–Crippen LogP) is 2.25. The lowest BCUT2D eigenvalue weighted by Crippen LogP contribution is -2.32. The summed E-state index contributed by atoms with van der Waals surface area (Å²) >= 11 is 1.84. The van der Waals surface area contributed by atoms with Crippen molar-refractivity contribution in [3.63, 3.8) is 0 Å². The largest absolute Gasteiger partial charge is 0.333 e. The van der Waals surface area contributed by atoms with E-state index in [1.807, 2.05) is 11.8 Å². The normalized spacial score (nSPS) is 21.5. The lowest BCUT2D eigenvalue weighted by atomic mass is 9.86. The molecule has 1 aliphatic rings. The molecule has 2 amide bonds. The third-order valence-electron chi connectivity index (χ3n) is 3.25. The highest BCUT2D eigenvalue weighted by Gasteiger charge is 2.38. The Balaban J connectivity index is 2.31. The second kappa shape index (κ2) is 8.46. The summed E-state index contributed by atoms with van der Waals surface area (Å²) in [6, 6.07) is 0. The first kappa shape index (κ1) is 18.1. The predicted molar refractivity (Wildman–Crippen MR) is 82.7 cm³/mol. The first-order valence-corrected chi connectivity index (χ1v) is 8.28. The van der Waals surface area contributed by atoms with E-state index in [2.05, 4.69) is 20.8 Å². The van der Waals surface area contributed by atoms with Gasteiger partial charge >= 0.3 is 5.97 Å². The molecule has 0 aromatic heterocycles. The van der Waals surface area contributed by atoms with Crippen molar-refractivity contribution < 1.29 is 19.2 Å². The molecule has 116 valence electrons. The van der Waals surface area contributed by atoms with Crippen LogP contribution in [-0.2, 0) is 19.2 Å². The topological polar surface area (TPSA) is 63.7 Å². The molecule has 0 saturated carbocycles. The summed E-state index contributed by atoms with van der Waals surface area (Å²) in [5, 5.41) is 1.39. The molecular weight excluding hydrogens is 289 g/mol. The van der Waals surface area contributed by atoms with E-state index in [0.29, 0.717) is 22.0 Å². The van der Waals surface area contributed by atoms with Crippen LogP contribution in [0.2, 0.25) is 5.82 Å². The smallest absolute Gasteiger partial charge is 0.330 e. The fourth-order valence-corrected chi connectivity index (χ4v) is 3.55. The van der Waals surface area contributed by atoms with Crippen molar-refractivity contribution in [3.8, 4) is 0 Å². The number of carbonyl (C=O) groups is 3. The lowest BCUT2D eigenvalue weighted by Gasteiger charge is -2.17. The minimum Gasteiger partial charge on any atom is -0.330 e. The van der Waals surface area contributed by atoms with Gasteiger partial charge in [-0.3, -0.25) is 9.59 Å². The number of imide groups is 1. The number of amides is 2. The van der Waals surface area contributed by atoms with Gasteiger partial charge in [-0.05, 0) is 12.8 Å². The Kier molecular flexibility index (Phi) is 7.28. The van der Waals surface area contributed by atoms with Gasteiger partial charge in [0.05, 0.1) is 7.85 Å². The molecule has 21 heavy (non-hydrogen) atoms. The molecule has 1 rings (SSSR count). The Morgan fingerprint density at radius 3 is 2.52 bits per heavy atom. The van der Waals surface area contributed by atoms with E-state index in [1.54, 1.807) is 0 Å². The third-order valence-corrected chi connectivity index (χ3v) is 4.65. The van der Waals surface area contributed by atoms with Crippen LogP contribution in [-0.4, -0.2) is 41.2 Å². The third kappa shape index (κ3) is 5.73. The van der Waals surface area contributed by atoms with Gasteiger partial charge in [-0.15, -0.1) is 5.06 Å². The number of hydroxylamine groups is 2. The maximum Gasteiger partial charge on any atom is 0.333 e. The van der Waals surface area contributed by atoms with Gasteiger partial charge in [0.1, 0.15) is 0 Å². The average Bonchev–Trinajstić information content (AvgIpc) is 2.63. The molecular formula is C14H22BNO4S. The van der Waals surface area contributed by atoms with Crippen molar-refractivity contribution in [2.45, 2.75) is 69.2 Å². The molecule has 5 nitrogen and oxygen atoms in total. The van der Waals surface area contributed by atoms with Crippen molar-refractivity contribution >= 4 is 37.4 Å². The maximum absolute atomic E-state index is 11.7. The molecule has 0 N–H and O–H groups in total. The summed E-state index contributed by atoms with van der Waals surface area (Å²) in [7, 11) is 5.43. The van der Waals surface area contributed by atoms with Crippen LogP contribution in [0.1, 0.15) is 52.9 Å². The fourth-order valence-electron chi connectivity index (χ4n) is 2.14. The lowest BCUT2D eigenvalue weighted by molar-refractivity contribution is -0.197. The fraction of sp³-hybridized carbons (Fsp3) is 0.786. The average molecular weight is 311 g/mol. The van der Waals surface area contributed by atoms with Crippen LogP contribution in [0.3, 0.4) is 0 Å². The zero-order valence-electron chi connectivity index (χ0n) is 12.8. The SMILES string of the molecule is [B]C1CC(=O)N(OC(=O)CCC(C)SC(C)CCC)C1=O. The summed E-state index contributed by atoms with van der Waals surface area (Å²) in [6.07, 6.45) is 3.02. The molecule has 1 aliphatic heterocycles. The van der Waals surface area contributed by atoms with Crippen LogP contribution >= 0.6 is 11.8 Å². The Morgan fingerprint density at radius 2 is 2.00 bits per heavy atom. The Labute approximate surface area is 131 Å². The first-order chi connectivity index (χ1) is 9.85. The zero-order valence-corrected chi connectivity index (χ0v) is 13.6. The second-order valence-corrected chi connectivity index (χ2v) is 7.27. The van der Waals surface area contributed by atoms with Crippen LogP contribution in [0, 0.1) is 0 Å². The van der Waals surface area contributed by atoms with Gasteiger partial charge < -0.3 is 4.84 Å². The molecule has 0 aromatic carbocycles. The van der Waals surface area contributed by atoms with Crippen molar-refractivity contribution in [2.75, 3.05) is 0 Å². The van der Waals surface area contributed by atoms with Gasteiger partial charge in [-0.1, -0.05) is 27.2 Å². The van der Waals surface area contributed by atoms with Crippen molar-refractivity contribution in [2.24, 2.45) is 0 Å². The Hall–Kier alpha value is -0.975. The molecule has 1 saturated heterocycles. The molecule has 3 atom stereocenters. The number of hydrogen-bond donors (Lipinski definition) is 0. The number of thioether (sulfide) groups is 1. The highest BCUT2D eigenvalue weighted by Crippen LogP contribution is 2.25. The van der Waals surface area contributed by atoms with Gasteiger partial charge in [0.2, 0.25) is 0 Å². The standard InChI is InChI=1S/C14H22BNO4S/c1-4-5-9(2)21-10(3)6-7-13(18)20-16-12(17)8-11(15)14(16)19/h9-11H,4-8H2,1-3H3. The second-order valence-electron chi connectivity index (χ2n) is 5.38. The molecule has 0 bridgehead atoms. The molecule has 0 aliphatic carbocycles. The van der Waals surface area contributed by atoms with E-state index in [-0.39, 0.29) is 12.8 Å². The summed E-state index contributed by atoms with van der Waals surface area (Å²) in [6.45, 7) is 6.38. The number of hydrogen-bond acceptors (Lipinski definition) is 5. The van der Waals surface area contributed by atoms with E-state index in [9.17, 15) is 14.4 Å². The summed E-state index contributed by atoms with van der Waals surface area (Å²) in [4.78, 5) is 39.4. The number of rotatable bonds is 8. The quantitative estimate of drug-likeness (QED) is 0.508. The van der Waals surface area contributed by atoms with Gasteiger partial charge in [0.25, 0.3) is 11.8 Å². The van der Waals surface area contributed by atoms with E-state index in [0.717, 1.165) is 12.8 Å². The van der Waals surface area contributed by atoms with Crippen molar-refractivity contribution in [1.82, 2.24) is 5.06 Å². The van der Waals surface area contributed by atoms with Crippen LogP contribution in [0.4, 0.5) is 0 Å². The molecule has 2 radical (unpaired) electrons. The zero-order chi connectivity index (χ0) is 16.0. The van der Waals surface area contributed by atoms with Crippen LogP contribution in [0.5, 0.6) is 0 Å². The molecule has 0 spiro atoms. The minimum atomic E-state index is -0.894. The highest BCUT2D eigenvalue weighted by atomic mass is 32.2. The summed E-state index contributed by atoms with van der Waals surface area (Å²) < 4.78 is 0. The maximum atomic E-state index is 11.7. The summed E-state index contributed by atoms with van der Waals surface area (Å²) in [5.41, 5.74) is 0. The van der Waals surface area contributed by atoms with Crippen molar-refractivity contribution in [1.29, 1.82) is 0 Å². The molecule has 1 heterocycles. The van der Waals surface area contributed by atoms with Crippen LogP contribution in [0.15, 0.2) is 0 Å². The number of carbonyl (C=O) groups excluding carboxylic acids is 3. The first-order valence-electron chi connectivity index (χ1n) is 7.33. The van der Waals surface area contributed by atoms with E-state index in [4.69, 9.17) is 12.7 Å². The summed E-state index contributed by atoms with van der Waals surface area (Å²) in [5.74, 6) is -2.66. The van der Waals surface area contributed by atoms with Gasteiger partial charge in [-0.25, -0.2) is 4.79 Å². The Morgan fingerprint density at radius 1 is 1.38 bits per heavy atom. The molecule has 0 aromatic rings. The Bertz CT molecular complexity index is 404.